The van der Waals surface area contributed by atoms with E-state index in [-0.39, 0.29) is 5.78 Å². The van der Waals surface area contributed by atoms with Crippen molar-refractivity contribution in [1.29, 1.82) is 0 Å². The summed E-state index contributed by atoms with van der Waals surface area (Å²) in [4.78, 5) is 16.4. The highest BCUT2D eigenvalue weighted by atomic mass is 16.1. The predicted octanol–water partition coefficient (Wildman–Crippen LogP) is 2.66. The Morgan fingerprint density at radius 2 is 1.85 bits per heavy atom. The third-order valence-corrected chi connectivity index (χ3v) is 3.17. The number of aryl methyl sites for hydroxylation is 3. The highest BCUT2D eigenvalue weighted by Crippen LogP contribution is 2.11. The Hall–Kier alpha value is -1.97. The van der Waals surface area contributed by atoms with Crippen LogP contribution in [0.2, 0.25) is 0 Å². The summed E-state index contributed by atoms with van der Waals surface area (Å²) in [6.07, 6.45) is 3.32. The van der Waals surface area contributed by atoms with Gasteiger partial charge in [-0.1, -0.05) is 36.2 Å². The molecule has 0 aliphatic rings. The molecule has 0 N–H and O–H groups in total. The van der Waals surface area contributed by atoms with Crippen molar-refractivity contribution in [3.63, 3.8) is 0 Å². The summed E-state index contributed by atoms with van der Waals surface area (Å²) in [7, 11) is 0. The second kappa shape index (κ2) is 6.46. The fourth-order valence-corrected chi connectivity index (χ4v) is 2.46. The zero-order valence-corrected chi connectivity index (χ0v) is 12.4. The van der Waals surface area contributed by atoms with Gasteiger partial charge in [0.25, 0.3) is 0 Å². The summed E-state index contributed by atoms with van der Waals surface area (Å²) in [5.74, 6) is 0.946. The van der Waals surface area contributed by atoms with Gasteiger partial charge >= 0.3 is 0 Å². The van der Waals surface area contributed by atoms with E-state index in [1.807, 2.05) is 4.68 Å². The minimum Gasteiger partial charge on any atom is -0.299 e. The van der Waals surface area contributed by atoms with Crippen molar-refractivity contribution in [2.45, 2.75) is 46.6 Å². The van der Waals surface area contributed by atoms with Crippen molar-refractivity contribution >= 4 is 5.78 Å². The molecule has 1 aromatic heterocycles. The minimum absolute atomic E-state index is 0.181. The van der Waals surface area contributed by atoms with Gasteiger partial charge in [-0.2, -0.15) is 5.10 Å². The predicted molar refractivity (Wildman–Crippen MR) is 78.6 cm³/mol. The molecule has 0 amide bonds. The van der Waals surface area contributed by atoms with Crippen LogP contribution in [0.3, 0.4) is 0 Å². The number of carbonyl (C=O) groups excluding carboxylic acids is 1. The van der Waals surface area contributed by atoms with Crippen molar-refractivity contribution in [2.75, 3.05) is 0 Å². The molecule has 4 nitrogen and oxygen atoms in total. The molecule has 0 fully saturated rings. The van der Waals surface area contributed by atoms with Crippen molar-refractivity contribution in [3.8, 4) is 0 Å². The lowest BCUT2D eigenvalue weighted by Gasteiger charge is -2.06. The first-order valence-corrected chi connectivity index (χ1v) is 7.04. The monoisotopic (exact) mass is 271 g/mol. The van der Waals surface area contributed by atoms with E-state index >= 15 is 0 Å². The lowest BCUT2D eigenvalue weighted by Crippen LogP contribution is -2.13. The molecule has 20 heavy (non-hydrogen) atoms. The molecule has 1 heterocycles. The van der Waals surface area contributed by atoms with Gasteiger partial charge in [-0.15, -0.1) is 0 Å². The highest BCUT2D eigenvalue weighted by Gasteiger charge is 2.11. The smallest absolute Gasteiger partial charge is 0.144 e. The van der Waals surface area contributed by atoms with Crippen molar-refractivity contribution in [1.82, 2.24) is 14.8 Å². The number of benzene rings is 1. The number of hydrogen-bond donors (Lipinski definition) is 0. The van der Waals surface area contributed by atoms with Crippen molar-refractivity contribution < 1.29 is 4.79 Å². The molecule has 0 spiro atoms. The molecule has 0 unspecified atom stereocenters. The van der Waals surface area contributed by atoms with E-state index in [2.05, 4.69) is 49.1 Å². The van der Waals surface area contributed by atoms with E-state index in [1.54, 1.807) is 0 Å². The number of ketones is 1. The lowest BCUT2D eigenvalue weighted by molar-refractivity contribution is -0.117. The number of aromatic nitrogens is 3. The maximum absolute atomic E-state index is 12.2. The third kappa shape index (κ3) is 3.76. The normalized spacial score (nSPS) is 10.8. The summed E-state index contributed by atoms with van der Waals surface area (Å²) in [6.45, 7) is 7.01. The van der Waals surface area contributed by atoms with E-state index in [4.69, 9.17) is 0 Å². The molecule has 0 atom stereocenters. The van der Waals surface area contributed by atoms with E-state index in [9.17, 15) is 4.79 Å². The SMILES string of the molecule is CCCn1ncnc1CC(=O)Cc1cc(C)cc(C)c1. The van der Waals surface area contributed by atoms with Crippen LogP contribution < -0.4 is 0 Å². The Morgan fingerprint density at radius 3 is 2.50 bits per heavy atom. The zero-order valence-electron chi connectivity index (χ0n) is 12.4. The number of carbonyl (C=O) groups is 1. The van der Waals surface area contributed by atoms with Gasteiger partial charge in [0.2, 0.25) is 0 Å². The molecule has 0 saturated heterocycles. The summed E-state index contributed by atoms with van der Waals surface area (Å²) < 4.78 is 1.82. The highest BCUT2D eigenvalue weighted by molar-refractivity contribution is 5.82. The number of nitrogens with zero attached hydrogens (tertiary/aromatic N) is 3. The van der Waals surface area contributed by atoms with Crippen LogP contribution in [0.5, 0.6) is 0 Å². The molecule has 0 saturated carbocycles. The van der Waals surface area contributed by atoms with Crippen molar-refractivity contribution in [2.24, 2.45) is 0 Å². The molecule has 0 bridgehead atoms. The molecular formula is C16H21N3O. The largest absolute Gasteiger partial charge is 0.299 e. The van der Waals surface area contributed by atoms with Gasteiger partial charge in [0, 0.05) is 13.0 Å². The third-order valence-electron chi connectivity index (χ3n) is 3.17. The van der Waals surface area contributed by atoms with E-state index < -0.39 is 0 Å². The van der Waals surface area contributed by atoms with Gasteiger partial charge in [-0.05, 0) is 25.8 Å². The summed E-state index contributed by atoms with van der Waals surface area (Å²) in [5.41, 5.74) is 3.47. The van der Waals surface area contributed by atoms with Crippen LogP contribution >= 0.6 is 0 Å². The zero-order chi connectivity index (χ0) is 14.5. The van der Waals surface area contributed by atoms with Crippen molar-refractivity contribution in [3.05, 3.63) is 47.0 Å². The first-order chi connectivity index (χ1) is 9.58. The first-order valence-electron chi connectivity index (χ1n) is 7.04. The van der Waals surface area contributed by atoms with Crippen LogP contribution in [0, 0.1) is 13.8 Å². The van der Waals surface area contributed by atoms with Crippen LogP contribution in [0.1, 0.15) is 35.9 Å². The Kier molecular flexibility index (Phi) is 4.66. The number of hydrogen-bond acceptors (Lipinski definition) is 3. The minimum atomic E-state index is 0.181. The van der Waals surface area contributed by atoms with Crippen LogP contribution in [0.25, 0.3) is 0 Å². The standard InChI is InChI=1S/C16H21N3O/c1-4-5-19-16(17-11-18-19)10-15(20)9-14-7-12(2)6-13(3)8-14/h6-8,11H,4-5,9-10H2,1-3H3. The van der Waals surface area contributed by atoms with E-state index in [0.717, 1.165) is 24.4 Å². The lowest BCUT2D eigenvalue weighted by atomic mass is 10.0. The van der Waals surface area contributed by atoms with Crippen LogP contribution in [-0.4, -0.2) is 20.5 Å². The average Bonchev–Trinajstić information content (AvgIpc) is 2.75. The Bertz CT molecular complexity index is 581. The fraction of sp³-hybridized carbons (Fsp3) is 0.438. The molecule has 2 aromatic rings. The summed E-state index contributed by atoms with van der Waals surface area (Å²) >= 11 is 0. The fourth-order valence-electron chi connectivity index (χ4n) is 2.46. The average molecular weight is 271 g/mol. The molecule has 2 rings (SSSR count). The molecule has 106 valence electrons. The van der Waals surface area contributed by atoms with Crippen LogP contribution in [-0.2, 0) is 24.2 Å². The van der Waals surface area contributed by atoms with Gasteiger partial charge in [0.15, 0.2) is 0 Å². The molecule has 1 aromatic carbocycles. The molecule has 4 heteroatoms. The number of Topliss-reactive ketones (excluding diaryl/α,β-unsaturated/α-hetero) is 1. The van der Waals surface area contributed by atoms with Crippen LogP contribution in [0.4, 0.5) is 0 Å². The topological polar surface area (TPSA) is 47.8 Å². The molecule has 0 radical (unpaired) electrons. The molecule has 0 aliphatic heterocycles. The van der Waals surface area contributed by atoms with E-state index in [1.165, 1.54) is 17.5 Å². The number of rotatable bonds is 6. The Morgan fingerprint density at radius 1 is 1.15 bits per heavy atom. The molecular weight excluding hydrogens is 250 g/mol. The van der Waals surface area contributed by atoms with Gasteiger partial charge in [0.05, 0.1) is 6.42 Å². The summed E-state index contributed by atoms with van der Waals surface area (Å²) in [5, 5.41) is 4.15. The van der Waals surface area contributed by atoms with Gasteiger partial charge in [-0.3, -0.25) is 4.79 Å². The van der Waals surface area contributed by atoms with Gasteiger partial charge < -0.3 is 0 Å². The van der Waals surface area contributed by atoms with E-state index in [0.29, 0.717) is 12.8 Å². The van der Waals surface area contributed by atoms with Gasteiger partial charge in [-0.25, -0.2) is 9.67 Å². The molecule has 0 aliphatic carbocycles. The maximum Gasteiger partial charge on any atom is 0.144 e. The first kappa shape index (κ1) is 14.4. The summed E-state index contributed by atoms with van der Waals surface area (Å²) in [6, 6.07) is 6.26. The second-order valence-electron chi connectivity index (χ2n) is 5.29. The maximum atomic E-state index is 12.2. The van der Waals surface area contributed by atoms with Crippen LogP contribution in [0.15, 0.2) is 24.5 Å². The quantitative estimate of drug-likeness (QED) is 0.811. The Balaban J connectivity index is 2.03. The Labute approximate surface area is 119 Å². The second-order valence-corrected chi connectivity index (χ2v) is 5.29. The van der Waals surface area contributed by atoms with Gasteiger partial charge in [0.1, 0.15) is 17.9 Å².